The van der Waals surface area contributed by atoms with Gasteiger partial charge in [-0.15, -0.1) is 0 Å². The molecule has 0 aromatic heterocycles. The molecule has 6 atom stereocenters. The maximum absolute atomic E-state index is 14.2. The van der Waals surface area contributed by atoms with Gasteiger partial charge in [-0.05, 0) is 89.0 Å². The average molecular weight is 572 g/mol. The highest BCUT2D eigenvalue weighted by Crippen LogP contribution is 2.65. The molecule has 9 heteroatoms. The van der Waals surface area contributed by atoms with Gasteiger partial charge in [0.05, 0.1) is 24.0 Å². The van der Waals surface area contributed by atoms with Crippen molar-refractivity contribution >= 4 is 23.4 Å². The number of amides is 3. The Morgan fingerprint density at radius 3 is 2.37 bits per heavy atom. The fourth-order valence-electron chi connectivity index (χ4n) is 7.87. The minimum Gasteiger partial charge on any atom is -0.494 e. The Kier molecular flexibility index (Phi) is 8.56. The molecule has 41 heavy (non-hydrogen) atoms. The number of nitrogens with one attached hydrogen (secondary N) is 2. The van der Waals surface area contributed by atoms with Crippen molar-refractivity contribution in [2.24, 2.45) is 23.2 Å². The largest absolute Gasteiger partial charge is 0.494 e. The van der Waals surface area contributed by atoms with Crippen molar-refractivity contribution in [3.8, 4) is 5.75 Å². The smallest absolute Gasteiger partial charge is 0.246 e. The summed E-state index contributed by atoms with van der Waals surface area (Å²) in [6.07, 6.45) is 2.33. The maximum Gasteiger partial charge on any atom is 0.246 e. The van der Waals surface area contributed by atoms with Gasteiger partial charge in [0.25, 0.3) is 0 Å². The Hall–Kier alpha value is -2.65. The molecule has 1 aromatic carbocycles. The van der Waals surface area contributed by atoms with E-state index < -0.39 is 34.6 Å². The zero-order chi connectivity index (χ0) is 30.4. The first-order valence-corrected chi connectivity index (χ1v) is 15.1. The first-order valence-electron chi connectivity index (χ1n) is 15.1. The molecule has 3 aliphatic heterocycles. The summed E-state index contributed by atoms with van der Waals surface area (Å²) in [5, 5.41) is 15.7. The topological polar surface area (TPSA) is 117 Å². The molecule has 3 saturated heterocycles. The molecule has 0 saturated carbocycles. The summed E-state index contributed by atoms with van der Waals surface area (Å²) < 4.78 is 12.3. The Bertz CT molecular complexity index is 1150. The van der Waals surface area contributed by atoms with Crippen LogP contribution in [-0.2, 0) is 19.1 Å². The number of benzene rings is 1. The Morgan fingerprint density at radius 1 is 1.12 bits per heavy atom. The summed E-state index contributed by atoms with van der Waals surface area (Å²) in [5.74, 6) is -1.62. The van der Waals surface area contributed by atoms with Crippen molar-refractivity contribution < 1.29 is 29.0 Å². The maximum atomic E-state index is 14.2. The third kappa shape index (κ3) is 5.85. The molecule has 0 radical (unpaired) electrons. The molecule has 3 amide bonds. The lowest BCUT2D eigenvalue weighted by molar-refractivity contribution is -0.147. The minimum absolute atomic E-state index is 0.00476. The van der Waals surface area contributed by atoms with Gasteiger partial charge in [-0.3, -0.25) is 14.4 Å². The van der Waals surface area contributed by atoms with Crippen molar-refractivity contribution in [1.82, 2.24) is 10.2 Å². The highest BCUT2D eigenvalue weighted by atomic mass is 16.5. The highest BCUT2D eigenvalue weighted by Gasteiger charge is 2.79. The monoisotopic (exact) mass is 571 g/mol. The van der Waals surface area contributed by atoms with Crippen LogP contribution in [-0.4, -0.2) is 70.3 Å². The van der Waals surface area contributed by atoms with E-state index in [0.29, 0.717) is 43.9 Å². The van der Waals surface area contributed by atoms with Gasteiger partial charge in [-0.2, -0.15) is 0 Å². The summed E-state index contributed by atoms with van der Waals surface area (Å²) in [6.45, 7) is 17.1. The van der Waals surface area contributed by atoms with Crippen LogP contribution in [0, 0.1) is 23.2 Å². The lowest BCUT2D eigenvalue weighted by Gasteiger charge is -2.38. The molecule has 3 aliphatic rings. The van der Waals surface area contributed by atoms with Crippen LogP contribution in [0.15, 0.2) is 24.3 Å². The predicted octanol–water partition coefficient (Wildman–Crippen LogP) is 4.14. The number of carbonyl (C=O) groups excluding carboxylic acids is 3. The van der Waals surface area contributed by atoms with Gasteiger partial charge in [0.15, 0.2) is 0 Å². The molecule has 1 aromatic rings. The molecule has 4 rings (SSSR count). The van der Waals surface area contributed by atoms with Crippen molar-refractivity contribution in [1.29, 1.82) is 0 Å². The van der Waals surface area contributed by atoms with Crippen LogP contribution < -0.4 is 15.4 Å². The minimum atomic E-state index is -1.10. The Labute approximate surface area is 244 Å². The third-order valence-electron chi connectivity index (χ3n) is 9.02. The average Bonchev–Trinajstić information content (AvgIpc) is 3.35. The lowest BCUT2D eigenvalue weighted by atomic mass is 9.62. The molecule has 3 fully saturated rings. The third-order valence-corrected chi connectivity index (χ3v) is 9.02. The zero-order valence-electron chi connectivity index (χ0n) is 26.0. The van der Waals surface area contributed by atoms with E-state index in [1.807, 2.05) is 34.6 Å². The predicted molar refractivity (Wildman–Crippen MR) is 157 cm³/mol. The number of hydrogen-bond donors (Lipinski definition) is 3. The second-order valence-electron chi connectivity index (χ2n) is 14.2. The molecule has 3 unspecified atom stereocenters. The molecule has 0 aliphatic carbocycles. The molecular weight excluding hydrogens is 522 g/mol. The van der Waals surface area contributed by atoms with Crippen LogP contribution in [0.25, 0.3) is 0 Å². The van der Waals surface area contributed by atoms with Gasteiger partial charge in [-0.25, -0.2) is 0 Å². The molecule has 3 N–H and O–H groups in total. The first-order chi connectivity index (χ1) is 19.1. The van der Waals surface area contributed by atoms with Crippen molar-refractivity contribution in [3.05, 3.63) is 24.3 Å². The van der Waals surface area contributed by atoms with E-state index in [0.717, 1.165) is 6.42 Å². The van der Waals surface area contributed by atoms with Gasteiger partial charge in [-0.1, -0.05) is 27.7 Å². The van der Waals surface area contributed by atoms with Gasteiger partial charge < -0.3 is 30.1 Å². The zero-order valence-corrected chi connectivity index (χ0v) is 26.0. The van der Waals surface area contributed by atoms with E-state index in [1.54, 1.807) is 29.2 Å². The van der Waals surface area contributed by atoms with E-state index in [4.69, 9.17) is 9.47 Å². The van der Waals surface area contributed by atoms with Crippen molar-refractivity contribution in [2.45, 2.75) is 104 Å². The second-order valence-corrected chi connectivity index (χ2v) is 14.2. The van der Waals surface area contributed by atoms with E-state index in [2.05, 4.69) is 31.4 Å². The quantitative estimate of drug-likeness (QED) is 0.344. The second kappa shape index (κ2) is 11.2. The van der Waals surface area contributed by atoms with Crippen LogP contribution in [0.3, 0.4) is 0 Å². The number of likely N-dealkylation sites (tertiary alicyclic amines) is 1. The Balaban J connectivity index is 1.67. The standard InChI is InChI=1S/C32H49N3O6/c1-9-40-22-14-12-21(13-15-22)33-26(37)23-24-28(39)35(16-10-11-17-36)25(32(24)18-20(2)31(23,8)41-32)27(38)34-30(6,7)19-29(3,4)5/h12-15,20,23-25,36H,9-11,16-19H2,1-8H3,(H,33,37)(H,34,38)/t20?,23-,24-,25?,31+,32?/m0/s1. The van der Waals surface area contributed by atoms with Gasteiger partial charge in [0.1, 0.15) is 17.4 Å². The molecule has 2 bridgehead atoms. The van der Waals surface area contributed by atoms with E-state index in [-0.39, 0.29) is 35.7 Å². The SMILES string of the molecule is CCOc1ccc(NC(=O)[C@@H]2[C@H]3C(=O)N(CCCCO)C(C(=O)NC(C)(C)CC(C)(C)C)C34CC(C)[C@@]2(C)O4)cc1. The van der Waals surface area contributed by atoms with Crippen LogP contribution in [0.2, 0.25) is 0 Å². The molecular formula is C32H49N3O6. The van der Waals surface area contributed by atoms with E-state index in [9.17, 15) is 19.5 Å². The number of anilines is 1. The summed E-state index contributed by atoms with van der Waals surface area (Å²) in [4.78, 5) is 44.0. The molecule has 9 nitrogen and oxygen atoms in total. The number of aliphatic hydroxyl groups excluding tert-OH is 1. The number of aliphatic hydroxyl groups is 1. The first kappa shape index (κ1) is 31.3. The van der Waals surface area contributed by atoms with Gasteiger partial charge in [0, 0.05) is 24.4 Å². The highest BCUT2D eigenvalue weighted by molar-refractivity contribution is 6.02. The normalized spacial score (nSPS) is 30.9. The molecule has 1 spiro atoms. The number of ether oxygens (including phenoxy) is 2. The van der Waals surface area contributed by atoms with Crippen LogP contribution in [0.5, 0.6) is 5.75 Å². The molecule has 3 heterocycles. The van der Waals surface area contributed by atoms with E-state index in [1.165, 1.54) is 0 Å². The molecule has 228 valence electrons. The number of fused-ring (bicyclic) bond motifs is 1. The number of nitrogens with zero attached hydrogens (tertiary/aromatic N) is 1. The van der Waals surface area contributed by atoms with Crippen LogP contribution >= 0.6 is 0 Å². The number of rotatable bonds is 11. The van der Waals surface area contributed by atoms with Crippen LogP contribution in [0.1, 0.15) is 81.1 Å². The Morgan fingerprint density at radius 2 is 1.78 bits per heavy atom. The van der Waals surface area contributed by atoms with Crippen molar-refractivity contribution in [2.75, 3.05) is 25.1 Å². The summed E-state index contributed by atoms with van der Waals surface area (Å²) in [5.41, 5.74) is -1.92. The fourth-order valence-corrected chi connectivity index (χ4v) is 7.87. The number of hydrogen-bond acceptors (Lipinski definition) is 6. The lowest BCUT2D eigenvalue weighted by Crippen LogP contribution is -2.59. The summed E-state index contributed by atoms with van der Waals surface area (Å²) in [6, 6.07) is 6.30. The van der Waals surface area contributed by atoms with Gasteiger partial charge in [0.2, 0.25) is 17.7 Å². The fraction of sp³-hybridized carbons (Fsp3) is 0.719. The van der Waals surface area contributed by atoms with Crippen molar-refractivity contribution in [3.63, 3.8) is 0 Å². The number of carbonyl (C=O) groups is 3. The summed E-state index contributed by atoms with van der Waals surface area (Å²) >= 11 is 0. The van der Waals surface area contributed by atoms with Crippen LogP contribution in [0.4, 0.5) is 5.69 Å². The summed E-state index contributed by atoms with van der Waals surface area (Å²) in [7, 11) is 0. The van der Waals surface area contributed by atoms with E-state index >= 15 is 0 Å². The van der Waals surface area contributed by atoms with Gasteiger partial charge >= 0.3 is 0 Å². The number of unbranched alkanes of at least 4 members (excludes halogenated alkanes) is 1.